The van der Waals surface area contributed by atoms with Crippen molar-refractivity contribution in [1.29, 1.82) is 0 Å². The third-order valence-electron chi connectivity index (χ3n) is 3.82. The fraction of sp³-hybridized carbons (Fsp3) is 0.333. The van der Waals surface area contributed by atoms with Crippen LogP contribution in [0.1, 0.15) is 35.2 Å². The van der Waals surface area contributed by atoms with Crippen LogP contribution in [-0.4, -0.2) is 23.5 Å². The van der Waals surface area contributed by atoms with E-state index in [1.54, 1.807) is 19.9 Å². The lowest BCUT2D eigenvalue weighted by Crippen LogP contribution is -2.36. The zero-order chi connectivity index (χ0) is 20.2. The van der Waals surface area contributed by atoms with Gasteiger partial charge in [-0.3, -0.25) is 9.59 Å². The number of furan rings is 1. The molecule has 0 aliphatic rings. The molecule has 2 amide bonds. The summed E-state index contributed by atoms with van der Waals surface area (Å²) in [5.41, 5.74) is -0.188. The third kappa shape index (κ3) is 5.58. The first kappa shape index (κ1) is 20.5. The predicted octanol–water partition coefficient (Wildman–Crippen LogP) is 3.09. The molecule has 9 heteroatoms. The first-order valence-corrected chi connectivity index (χ1v) is 8.09. The molecule has 0 bridgehead atoms. The summed E-state index contributed by atoms with van der Waals surface area (Å²) >= 11 is 0. The molecule has 146 valence electrons. The number of anilines is 1. The van der Waals surface area contributed by atoms with Crippen LogP contribution in [-0.2, 0) is 15.8 Å². The largest absolute Gasteiger partial charge is 0.466 e. The Hall–Kier alpha value is -2.81. The summed E-state index contributed by atoms with van der Waals surface area (Å²) in [6.45, 7) is 3.49. The second kappa shape index (κ2) is 8.26. The van der Waals surface area contributed by atoms with Gasteiger partial charge in [-0.15, -0.1) is 0 Å². The first-order chi connectivity index (χ1) is 12.6. The van der Waals surface area contributed by atoms with Crippen LogP contribution in [0.4, 0.5) is 18.9 Å². The van der Waals surface area contributed by atoms with E-state index in [9.17, 15) is 27.9 Å². The van der Waals surface area contributed by atoms with Crippen molar-refractivity contribution in [2.45, 2.75) is 32.5 Å². The molecule has 6 nitrogen and oxygen atoms in total. The van der Waals surface area contributed by atoms with Crippen molar-refractivity contribution in [3.05, 3.63) is 53.0 Å². The normalized spacial score (nSPS) is 12.5. The molecule has 1 heterocycles. The van der Waals surface area contributed by atoms with Gasteiger partial charge in [-0.25, -0.2) is 0 Å². The number of aliphatic hydroxyl groups is 1. The minimum atomic E-state index is -4.48. The standard InChI is InChI=1S/C18H19F3N2O4/c1-10-9-14(11(2)27-10)15(24)7-8-22-16(25)17(26)23-13-5-3-12(4-6-13)18(19,20)21/h3-6,9,15,24H,7-8H2,1-2H3,(H,22,25)(H,23,26). The number of aryl methyl sites for hydroxylation is 2. The Morgan fingerprint density at radius 3 is 2.30 bits per heavy atom. The number of amides is 2. The Morgan fingerprint density at radius 1 is 1.15 bits per heavy atom. The highest BCUT2D eigenvalue weighted by Crippen LogP contribution is 2.29. The maximum Gasteiger partial charge on any atom is 0.416 e. The van der Waals surface area contributed by atoms with Crippen LogP contribution in [0.5, 0.6) is 0 Å². The lowest BCUT2D eigenvalue weighted by molar-refractivity contribution is -0.137. The van der Waals surface area contributed by atoms with E-state index < -0.39 is 29.7 Å². The molecule has 2 rings (SSSR count). The van der Waals surface area contributed by atoms with Gasteiger partial charge in [0.2, 0.25) is 0 Å². The van der Waals surface area contributed by atoms with Gasteiger partial charge < -0.3 is 20.2 Å². The molecule has 1 unspecified atom stereocenters. The van der Waals surface area contributed by atoms with E-state index in [4.69, 9.17) is 4.42 Å². The summed E-state index contributed by atoms with van der Waals surface area (Å²) < 4.78 is 42.8. The van der Waals surface area contributed by atoms with Crippen molar-refractivity contribution in [3.63, 3.8) is 0 Å². The molecule has 3 N–H and O–H groups in total. The minimum absolute atomic E-state index is 0.0318. The molecule has 2 aromatic rings. The monoisotopic (exact) mass is 384 g/mol. The summed E-state index contributed by atoms with van der Waals surface area (Å²) in [4.78, 5) is 23.5. The fourth-order valence-corrected chi connectivity index (χ4v) is 2.47. The molecule has 1 atom stereocenters. The number of benzene rings is 1. The Balaban J connectivity index is 1.82. The molecule has 1 aromatic heterocycles. The van der Waals surface area contributed by atoms with Crippen molar-refractivity contribution in [3.8, 4) is 0 Å². The molecule has 0 spiro atoms. The van der Waals surface area contributed by atoms with Gasteiger partial charge in [0.15, 0.2) is 0 Å². The Kier molecular flexibility index (Phi) is 6.27. The number of aliphatic hydroxyl groups excluding tert-OH is 1. The minimum Gasteiger partial charge on any atom is -0.466 e. The number of hydrogen-bond acceptors (Lipinski definition) is 4. The van der Waals surface area contributed by atoms with E-state index in [2.05, 4.69) is 10.6 Å². The van der Waals surface area contributed by atoms with Crippen LogP contribution < -0.4 is 10.6 Å². The van der Waals surface area contributed by atoms with Gasteiger partial charge in [0.05, 0.1) is 11.7 Å². The smallest absolute Gasteiger partial charge is 0.416 e. The maximum absolute atomic E-state index is 12.5. The second-order valence-electron chi connectivity index (χ2n) is 5.96. The number of hydrogen-bond donors (Lipinski definition) is 3. The van der Waals surface area contributed by atoms with Crippen LogP contribution >= 0.6 is 0 Å². The van der Waals surface area contributed by atoms with Crippen LogP contribution in [0.25, 0.3) is 0 Å². The van der Waals surface area contributed by atoms with Gasteiger partial charge in [-0.1, -0.05) is 0 Å². The summed E-state index contributed by atoms with van der Waals surface area (Å²) in [5.74, 6) is -0.741. The summed E-state index contributed by atoms with van der Waals surface area (Å²) in [7, 11) is 0. The topological polar surface area (TPSA) is 91.6 Å². The number of halogens is 3. The van der Waals surface area contributed by atoms with E-state index >= 15 is 0 Å². The molecule has 0 fully saturated rings. The van der Waals surface area contributed by atoms with Gasteiger partial charge in [0.25, 0.3) is 0 Å². The predicted molar refractivity (Wildman–Crippen MR) is 90.8 cm³/mol. The maximum atomic E-state index is 12.5. The van der Waals surface area contributed by atoms with E-state index in [1.807, 2.05) is 0 Å². The number of carbonyl (C=O) groups is 2. The fourth-order valence-electron chi connectivity index (χ4n) is 2.47. The SMILES string of the molecule is Cc1cc(C(O)CCNC(=O)C(=O)Nc2ccc(C(F)(F)F)cc2)c(C)o1. The van der Waals surface area contributed by atoms with Crippen molar-refractivity contribution in [1.82, 2.24) is 5.32 Å². The number of nitrogens with one attached hydrogen (secondary N) is 2. The summed E-state index contributed by atoms with van der Waals surface area (Å²) in [6.07, 6.45) is -5.17. The van der Waals surface area contributed by atoms with Crippen molar-refractivity contribution < 1.29 is 32.3 Å². The Morgan fingerprint density at radius 2 is 1.78 bits per heavy atom. The molecular weight excluding hydrogens is 365 g/mol. The third-order valence-corrected chi connectivity index (χ3v) is 3.82. The molecule has 27 heavy (non-hydrogen) atoms. The highest BCUT2D eigenvalue weighted by atomic mass is 19.4. The van der Waals surface area contributed by atoms with Crippen molar-refractivity contribution in [2.24, 2.45) is 0 Å². The van der Waals surface area contributed by atoms with E-state index in [-0.39, 0.29) is 18.7 Å². The van der Waals surface area contributed by atoms with E-state index in [0.29, 0.717) is 17.1 Å². The molecule has 0 aliphatic heterocycles. The quantitative estimate of drug-likeness (QED) is 0.691. The van der Waals surface area contributed by atoms with Crippen molar-refractivity contribution in [2.75, 3.05) is 11.9 Å². The van der Waals surface area contributed by atoms with Gasteiger partial charge >= 0.3 is 18.0 Å². The van der Waals surface area contributed by atoms with Gasteiger partial charge in [-0.2, -0.15) is 13.2 Å². The number of rotatable bonds is 5. The zero-order valence-electron chi connectivity index (χ0n) is 14.7. The highest BCUT2D eigenvalue weighted by molar-refractivity contribution is 6.39. The van der Waals surface area contributed by atoms with Crippen LogP contribution in [0, 0.1) is 13.8 Å². The molecular formula is C18H19F3N2O4. The average molecular weight is 384 g/mol. The molecule has 0 radical (unpaired) electrons. The average Bonchev–Trinajstić information content (AvgIpc) is 2.92. The van der Waals surface area contributed by atoms with Crippen LogP contribution in [0.3, 0.4) is 0 Å². The van der Waals surface area contributed by atoms with Crippen LogP contribution in [0.2, 0.25) is 0 Å². The second-order valence-corrected chi connectivity index (χ2v) is 5.96. The van der Waals surface area contributed by atoms with Crippen LogP contribution in [0.15, 0.2) is 34.7 Å². The van der Waals surface area contributed by atoms with E-state index in [1.165, 1.54) is 0 Å². The number of alkyl halides is 3. The van der Waals surface area contributed by atoms with E-state index in [0.717, 1.165) is 24.3 Å². The van der Waals surface area contributed by atoms with Gasteiger partial charge in [-0.05, 0) is 50.6 Å². The number of carbonyl (C=O) groups excluding carboxylic acids is 2. The first-order valence-electron chi connectivity index (χ1n) is 8.09. The van der Waals surface area contributed by atoms with Gasteiger partial charge in [0, 0.05) is 17.8 Å². The molecule has 0 saturated carbocycles. The van der Waals surface area contributed by atoms with Gasteiger partial charge in [0.1, 0.15) is 11.5 Å². The molecule has 0 aliphatic carbocycles. The van der Waals surface area contributed by atoms with Crippen molar-refractivity contribution >= 4 is 17.5 Å². The molecule has 1 aromatic carbocycles. The summed E-state index contributed by atoms with van der Waals surface area (Å²) in [5, 5.41) is 14.6. The lowest BCUT2D eigenvalue weighted by Gasteiger charge is -2.11. The Labute approximate surface area is 153 Å². The highest BCUT2D eigenvalue weighted by Gasteiger charge is 2.30. The Bertz CT molecular complexity index is 813. The zero-order valence-corrected chi connectivity index (χ0v) is 14.7. The lowest BCUT2D eigenvalue weighted by atomic mass is 10.1. The summed E-state index contributed by atoms with van der Waals surface area (Å²) in [6, 6.07) is 5.42. The molecule has 0 saturated heterocycles.